The van der Waals surface area contributed by atoms with Crippen LogP contribution in [0.4, 0.5) is 0 Å². The molecule has 3 rings (SSSR count). The molecule has 1 aromatic heterocycles. The van der Waals surface area contributed by atoms with Gasteiger partial charge in [-0.15, -0.1) is 11.8 Å². The Morgan fingerprint density at radius 1 is 1.09 bits per heavy atom. The van der Waals surface area contributed by atoms with Crippen molar-refractivity contribution in [1.82, 2.24) is 4.98 Å². The van der Waals surface area contributed by atoms with E-state index in [2.05, 4.69) is 11.1 Å². The van der Waals surface area contributed by atoms with Gasteiger partial charge in [0.2, 0.25) is 0 Å². The second kappa shape index (κ2) is 6.32. The zero-order valence-electron chi connectivity index (χ0n) is 12.7. The van der Waals surface area contributed by atoms with E-state index in [9.17, 15) is 4.79 Å². The molecule has 0 amide bonds. The van der Waals surface area contributed by atoms with Gasteiger partial charge in [0.15, 0.2) is 5.78 Å². The lowest BCUT2D eigenvalue weighted by Gasteiger charge is -2.07. The maximum atomic E-state index is 12.4. The molecule has 0 aliphatic rings. The van der Waals surface area contributed by atoms with Gasteiger partial charge in [0, 0.05) is 22.0 Å². The number of hydrogen-bond donors (Lipinski definition) is 0. The maximum absolute atomic E-state index is 12.4. The highest BCUT2D eigenvalue weighted by molar-refractivity contribution is 8.00. The molecular formula is C19H17NOS. The van der Waals surface area contributed by atoms with Crippen LogP contribution >= 0.6 is 11.8 Å². The first kappa shape index (κ1) is 14.8. The van der Waals surface area contributed by atoms with E-state index < -0.39 is 0 Å². The van der Waals surface area contributed by atoms with E-state index in [0.717, 1.165) is 26.9 Å². The average Bonchev–Trinajstić information content (AvgIpc) is 2.52. The zero-order chi connectivity index (χ0) is 15.5. The number of pyridine rings is 1. The number of hydrogen-bond acceptors (Lipinski definition) is 3. The number of rotatable bonds is 4. The lowest BCUT2D eigenvalue weighted by Crippen LogP contribution is -2.05. The summed E-state index contributed by atoms with van der Waals surface area (Å²) in [4.78, 5) is 17.9. The van der Waals surface area contributed by atoms with Gasteiger partial charge in [0.25, 0.3) is 0 Å². The summed E-state index contributed by atoms with van der Waals surface area (Å²) >= 11 is 1.58. The number of para-hydroxylation sites is 1. The molecule has 1 heterocycles. The third kappa shape index (κ3) is 3.04. The van der Waals surface area contributed by atoms with Crippen molar-refractivity contribution in [2.45, 2.75) is 18.7 Å². The second-order valence-electron chi connectivity index (χ2n) is 5.36. The van der Waals surface area contributed by atoms with Crippen LogP contribution in [0, 0.1) is 13.8 Å². The maximum Gasteiger partial charge on any atom is 0.173 e. The van der Waals surface area contributed by atoms with E-state index in [1.807, 2.05) is 56.3 Å². The molecule has 0 unspecified atom stereocenters. The lowest BCUT2D eigenvalue weighted by molar-refractivity contribution is 0.102. The van der Waals surface area contributed by atoms with Gasteiger partial charge in [-0.2, -0.15) is 0 Å². The van der Waals surface area contributed by atoms with Crippen molar-refractivity contribution in [3.05, 3.63) is 71.4 Å². The van der Waals surface area contributed by atoms with Crippen LogP contribution < -0.4 is 0 Å². The molecule has 3 aromatic rings. The molecule has 0 N–H and O–H groups in total. The quantitative estimate of drug-likeness (QED) is 0.511. The topological polar surface area (TPSA) is 30.0 Å². The van der Waals surface area contributed by atoms with Crippen LogP contribution in [0.1, 0.15) is 21.5 Å². The van der Waals surface area contributed by atoms with Crippen LogP contribution in [0.5, 0.6) is 0 Å². The third-order valence-electron chi connectivity index (χ3n) is 3.65. The predicted octanol–water partition coefficient (Wildman–Crippen LogP) is 4.83. The number of fused-ring (bicyclic) bond motifs is 1. The minimum atomic E-state index is 0.170. The summed E-state index contributed by atoms with van der Waals surface area (Å²) in [7, 11) is 0. The third-order valence-corrected chi connectivity index (χ3v) is 4.72. The summed E-state index contributed by atoms with van der Waals surface area (Å²) in [6.07, 6.45) is 1.80. The Morgan fingerprint density at radius 3 is 2.73 bits per heavy atom. The van der Waals surface area contributed by atoms with E-state index in [1.54, 1.807) is 18.0 Å². The standard InChI is InChI=1S/C19H17NOS/c1-13-7-8-15(14(2)11-13)18(21)12-22-19-9-10-20-17-6-4-3-5-16(17)19/h3-11H,12H2,1-2H3. The first-order chi connectivity index (χ1) is 10.6. The number of ketones is 1. The van der Waals surface area contributed by atoms with Gasteiger partial charge in [-0.25, -0.2) is 0 Å². The highest BCUT2D eigenvalue weighted by Gasteiger charge is 2.11. The minimum Gasteiger partial charge on any atom is -0.293 e. The van der Waals surface area contributed by atoms with Crippen molar-refractivity contribution >= 4 is 28.4 Å². The van der Waals surface area contributed by atoms with E-state index in [4.69, 9.17) is 0 Å². The fourth-order valence-corrected chi connectivity index (χ4v) is 3.47. The number of benzene rings is 2. The monoisotopic (exact) mass is 307 g/mol. The van der Waals surface area contributed by atoms with Gasteiger partial charge in [0.1, 0.15) is 0 Å². The van der Waals surface area contributed by atoms with Crippen LogP contribution in [0.3, 0.4) is 0 Å². The molecule has 2 aromatic carbocycles. The Balaban J connectivity index is 1.80. The van der Waals surface area contributed by atoms with Crippen LogP contribution in [0.2, 0.25) is 0 Å². The largest absolute Gasteiger partial charge is 0.293 e. The van der Waals surface area contributed by atoms with Crippen molar-refractivity contribution < 1.29 is 4.79 Å². The first-order valence-electron chi connectivity index (χ1n) is 7.22. The summed E-state index contributed by atoms with van der Waals surface area (Å²) in [6, 6.07) is 16.0. The molecular weight excluding hydrogens is 290 g/mol. The summed E-state index contributed by atoms with van der Waals surface area (Å²) in [5.74, 6) is 0.612. The smallest absolute Gasteiger partial charge is 0.173 e. The zero-order valence-corrected chi connectivity index (χ0v) is 13.5. The normalized spacial score (nSPS) is 10.8. The molecule has 22 heavy (non-hydrogen) atoms. The Labute approximate surface area is 134 Å². The molecule has 0 fully saturated rings. The Bertz CT molecular complexity index is 836. The van der Waals surface area contributed by atoms with Crippen molar-refractivity contribution in [2.75, 3.05) is 5.75 Å². The van der Waals surface area contributed by atoms with Crippen molar-refractivity contribution in [2.24, 2.45) is 0 Å². The fraction of sp³-hybridized carbons (Fsp3) is 0.158. The van der Waals surface area contributed by atoms with Gasteiger partial charge in [0.05, 0.1) is 11.3 Å². The Kier molecular flexibility index (Phi) is 4.25. The fourth-order valence-electron chi connectivity index (χ4n) is 2.54. The highest BCUT2D eigenvalue weighted by atomic mass is 32.2. The number of aryl methyl sites for hydroxylation is 2. The molecule has 2 nitrogen and oxygen atoms in total. The van der Waals surface area contributed by atoms with Gasteiger partial charge in [-0.3, -0.25) is 9.78 Å². The summed E-state index contributed by atoms with van der Waals surface area (Å²) in [6.45, 7) is 4.03. The van der Waals surface area contributed by atoms with Gasteiger partial charge in [-0.1, -0.05) is 42.0 Å². The summed E-state index contributed by atoms with van der Waals surface area (Å²) in [5, 5.41) is 1.10. The van der Waals surface area contributed by atoms with E-state index in [-0.39, 0.29) is 5.78 Å². The number of carbonyl (C=O) groups is 1. The van der Waals surface area contributed by atoms with Crippen molar-refractivity contribution in [3.8, 4) is 0 Å². The van der Waals surface area contributed by atoms with Crippen LogP contribution in [-0.4, -0.2) is 16.5 Å². The SMILES string of the molecule is Cc1ccc(C(=O)CSc2ccnc3ccccc23)c(C)c1. The molecule has 0 bridgehead atoms. The Hall–Kier alpha value is -2.13. The number of aromatic nitrogens is 1. The van der Waals surface area contributed by atoms with E-state index >= 15 is 0 Å². The molecule has 0 aliphatic carbocycles. The minimum absolute atomic E-state index is 0.170. The van der Waals surface area contributed by atoms with Crippen molar-refractivity contribution in [1.29, 1.82) is 0 Å². The van der Waals surface area contributed by atoms with E-state index in [1.165, 1.54) is 5.56 Å². The molecule has 0 spiro atoms. The first-order valence-corrected chi connectivity index (χ1v) is 8.21. The Morgan fingerprint density at radius 2 is 1.91 bits per heavy atom. The lowest BCUT2D eigenvalue weighted by atomic mass is 10.0. The summed E-state index contributed by atoms with van der Waals surface area (Å²) < 4.78 is 0. The van der Waals surface area contributed by atoms with Crippen LogP contribution in [0.15, 0.2) is 59.6 Å². The highest BCUT2D eigenvalue weighted by Crippen LogP contribution is 2.27. The van der Waals surface area contributed by atoms with E-state index in [0.29, 0.717) is 5.75 Å². The number of carbonyl (C=O) groups excluding carboxylic acids is 1. The van der Waals surface area contributed by atoms with Gasteiger partial charge >= 0.3 is 0 Å². The predicted molar refractivity (Wildman–Crippen MR) is 92.7 cm³/mol. The molecule has 0 saturated carbocycles. The average molecular weight is 307 g/mol. The number of thioether (sulfide) groups is 1. The van der Waals surface area contributed by atoms with Crippen LogP contribution in [0.25, 0.3) is 10.9 Å². The molecule has 0 atom stereocenters. The van der Waals surface area contributed by atoms with Gasteiger partial charge < -0.3 is 0 Å². The molecule has 0 aliphatic heterocycles. The molecule has 0 radical (unpaired) electrons. The molecule has 3 heteroatoms. The second-order valence-corrected chi connectivity index (χ2v) is 6.37. The number of nitrogens with zero attached hydrogens (tertiary/aromatic N) is 1. The van der Waals surface area contributed by atoms with Crippen LogP contribution in [-0.2, 0) is 0 Å². The summed E-state index contributed by atoms with van der Waals surface area (Å²) in [5.41, 5.74) is 4.01. The number of Topliss-reactive ketones (excluding diaryl/α,β-unsaturated/α-hetero) is 1. The van der Waals surface area contributed by atoms with Crippen molar-refractivity contribution in [3.63, 3.8) is 0 Å². The van der Waals surface area contributed by atoms with Gasteiger partial charge in [-0.05, 0) is 31.5 Å². The molecule has 110 valence electrons. The molecule has 0 saturated heterocycles.